The summed E-state index contributed by atoms with van der Waals surface area (Å²) in [5.74, 6) is 1.80. The van der Waals surface area contributed by atoms with Crippen LogP contribution in [-0.2, 0) is 0 Å². The smallest absolute Gasteiger partial charge is 0.321 e. The lowest BCUT2D eigenvalue weighted by Gasteiger charge is -2.38. The first kappa shape index (κ1) is 20.4. The Balaban J connectivity index is 1.32. The Morgan fingerprint density at radius 3 is 2.56 bits per heavy atom. The highest BCUT2D eigenvalue weighted by Gasteiger charge is 2.45. The zero-order valence-corrected chi connectivity index (χ0v) is 17.8. The van der Waals surface area contributed by atoms with E-state index in [1.165, 1.54) is 12.1 Å². The van der Waals surface area contributed by atoms with E-state index in [9.17, 15) is 9.18 Å². The second-order valence-electron chi connectivity index (χ2n) is 8.48. The van der Waals surface area contributed by atoms with Gasteiger partial charge in [-0.15, -0.1) is 0 Å². The number of fused-ring (bicyclic) bond motifs is 1. The van der Waals surface area contributed by atoms with Gasteiger partial charge in [-0.3, -0.25) is 4.98 Å². The predicted octanol–water partition coefficient (Wildman–Crippen LogP) is 3.68. The summed E-state index contributed by atoms with van der Waals surface area (Å²) in [6, 6.07) is 5.75. The summed E-state index contributed by atoms with van der Waals surface area (Å²) < 4.78 is 21.6. The van der Waals surface area contributed by atoms with Gasteiger partial charge >= 0.3 is 6.03 Å². The molecule has 0 radical (unpaired) electrons. The SMILES string of the molecule is Cc1nccn1[C@H]1C[C@H]2CN(C(=O)Nc3ccc(F)cc3)C[C@H]2C[C@@H]1Oc1cnccn1. The Morgan fingerprint density at radius 2 is 1.88 bits per heavy atom. The molecule has 0 unspecified atom stereocenters. The number of halogens is 1. The molecule has 2 aromatic heterocycles. The van der Waals surface area contributed by atoms with E-state index in [2.05, 4.69) is 24.8 Å². The molecule has 4 atom stereocenters. The number of hydrogen-bond donors (Lipinski definition) is 1. The second-order valence-corrected chi connectivity index (χ2v) is 8.48. The third-order valence-corrected chi connectivity index (χ3v) is 6.50. The standard InChI is InChI=1S/C23H25FN6O2/c1-15-26-8-9-30(15)20-10-16-13-29(23(31)28-19-4-2-18(24)3-5-19)14-17(16)11-21(20)32-22-12-25-6-7-27-22/h2-9,12,16-17,20-21H,10-11,13-14H2,1H3,(H,28,31)/t16-,17+,20-,21-/m0/s1. The first-order valence-corrected chi connectivity index (χ1v) is 10.8. The minimum Gasteiger partial charge on any atom is -0.471 e. The van der Waals surface area contributed by atoms with E-state index in [1.54, 1.807) is 36.9 Å². The van der Waals surface area contributed by atoms with Crippen LogP contribution >= 0.6 is 0 Å². The second kappa shape index (κ2) is 8.57. The molecule has 0 bridgehead atoms. The van der Waals surface area contributed by atoms with Gasteiger partial charge in [0.1, 0.15) is 17.7 Å². The number of ether oxygens (including phenoxy) is 1. The largest absolute Gasteiger partial charge is 0.471 e. The van der Waals surface area contributed by atoms with Crippen LogP contribution < -0.4 is 10.1 Å². The average molecular weight is 436 g/mol. The van der Waals surface area contributed by atoms with Gasteiger partial charge in [-0.25, -0.2) is 19.2 Å². The number of benzene rings is 1. The van der Waals surface area contributed by atoms with Crippen molar-refractivity contribution in [3.8, 4) is 5.88 Å². The van der Waals surface area contributed by atoms with Crippen LogP contribution in [0.4, 0.5) is 14.9 Å². The maximum atomic E-state index is 13.2. The van der Waals surface area contributed by atoms with E-state index in [0.717, 1.165) is 18.7 Å². The quantitative estimate of drug-likeness (QED) is 0.674. The maximum Gasteiger partial charge on any atom is 0.321 e. The van der Waals surface area contributed by atoms with Crippen molar-refractivity contribution in [2.24, 2.45) is 11.8 Å². The number of imidazole rings is 1. The number of hydrogen-bond acceptors (Lipinski definition) is 5. The van der Waals surface area contributed by atoms with Gasteiger partial charge in [0.15, 0.2) is 0 Å². The lowest BCUT2D eigenvalue weighted by molar-refractivity contribution is 0.0501. The maximum absolute atomic E-state index is 13.2. The lowest BCUT2D eigenvalue weighted by Crippen LogP contribution is -2.40. The molecule has 166 valence electrons. The van der Waals surface area contributed by atoms with Crippen molar-refractivity contribution in [1.82, 2.24) is 24.4 Å². The molecule has 3 heterocycles. The molecule has 2 aliphatic rings. The molecule has 8 nitrogen and oxygen atoms in total. The van der Waals surface area contributed by atoms with Gasteiger partial charge < -0.3 is 19.5 Å². The van der Waals surface area contributed by atoms with Crippen LogP contribution in [0.5, 0.6) is 5.88 Å². The van der Waals surface area contributed by atoms with Crippen molar-refractivity contribution in [3.63, 3.8) is 0 Å². The van der Waals surface area contributed by atoms with Crippen molar-refractivity contribution < 1.29 is 13.9 Å². The van der Waals surface area contributed by atoms with Crippen LogP contribution in [0.15, 0.2) is 55.2 Å². The number of nitrogens with one attached hydrogen (secondary N) is 1. The zero-order chi connectivity index (χ0) is 22.1. The highest BCUT2D eigenvalue weighted by Crippen LogP contribution is 2.43. The highest BCUT2D eigenvalue weighted by molar-refractivity contribution is 5.89. The number of aromatic nitrogens is 4. The Bertz CT molecular complexity index is 1070. The number of nitrogens with zero attached hydrogens (tertiary/aromatic N) is 5. The fraction of sp³-hybridized carbons (Fsp3) is 0.391. The van der Waals surface area contributed by atoms with Gasteiger partial charge in [-0.1, -0.05) is 0 Å². The minimum atomic E-state index is -0.329. The molecule has 1 aromatic carbocycles. The number of urea groups is 1. The first-order valence-electron chi connectivity index (χ1n) is 10.8. The van der Waals surface area contributed by atoms with Crippen molar-refractivity contribution in [2.45, 2.75) is 31.9 Å². The van der Waals surface area contributed by atoms with Gasteiger partial charge in [-0.2, -0.15) is 0 Å². The molecule has 1 N–H and O–H groups in total. The summed E-state index contributed by atoms with van der Waals surface area (Å²) in [7, 11) is 0. The van der Waals surface area contributed by atoms with Crippen molar-refractivity contribution >= 4 is 11.7 Å². The summed E-state index contributed by atoms with van der Waals surface area (Å²) in [4.78, 5) is 27.5. The van der Waals surface area contributed by atoms with Crippen molar-refractivity contribution in [1.29, 1.82) is 0 Å². The molecule has 32 heavy (non-hydrogen) atoms. The van der Waals surface area contributed by atoms with Crippen LogP contribution in [0, 0.1) is 24.6 Å². The molecule has 0 spiro atoms. The molecule has 2 amide bonds. The van der Waals surface area contributed by atoms with Gasteiger partial charge in [0.25, 0.3) is 0 Å². The van der Waals surface area contributed by atoms with Crippen molar-refractivity contribution in [2.75, 3.05) is 18.4 Å². The molecule has 1 saturated heterocycles. The van der Waals surface area contributed by atoms with E-state index < -0.39 is 0 Å². The molecule has 1 aliphatic carbocycles. The molecule has 9 heteroatoms. The molecule has 1 saturated carbocycles. The van der Waals surface area contributed by atoms with Crippen LogP contribution in [-0.4, -0.2) is 49.6 Å². The molecule has 2 fully saturated rings. The Hall–Kier alpha value is -3.49. The fourth-order valence-corrected chi connectivity index (χ4v) is 4.95. The molecular formula is C23H25FN6O2. The minimum absolute atomic E-state index is 0.0963. The third-order valence-electron chi connectivity index (χ3n) is 6.50. The number of aryl methyl sites for hydroxylation is 1. The van der Waals surface area contributed by atoms with E-state index in [4.69, 9.17) is 4.74 Å². The Kier molecular flexibility index (Phi) is 5.46. The molecule has 5 rings (SSSR count). The van der Waals surface area contributed by atoms with Crippen LogP contribution in [0.25, 0.3) is 0 Å². The average Bonchev–Trinajstić information content (AvgIpc) is 3.41. The predicted molar refractivity (Wildman–Crippen MR) is 116 cm³/mol. The normalized spacial score (nSPS) is 24.8. The topological polar surface area (TPSA) is 85.2 Å². The third kappa shape index (κ3) is 4.15. The van der Waals surface area contributed by atoms with E-state index in [0.29, 0.717) is 36.5 Å². The molecule has 1 aliphatic heterocycles. The summed E-state index contributed by atoms with van der Waals surface area (Å²) in [6.07, 6.45) is 10.3. The summed E-state index contributed by atoms with van der Waals surface area (Å²) >= 11 is 0. The van der Waals surface area contributed by atoms with Gasteiger partial charge in [0, 0.05) is 43.6 Å². The Morgan fingerprint density at radius 1 is 1.09 bits per heavy atom. The monoisotopic (exact) mass is 436 g/mol. The highest BCUT2D eigenvalue weighted by atomic mass is 19.1. The lowest BCUT2D eigenvalue weighted by atomic mass is 9.77. The zero-order valence-electron chi connectivity index (χ0n) is 17.8. The fourth-order valence-electron chi connectivity index (χ4n) is 4.95. The van der Waals surface area contributed by atoms with E-state index >= 15 is 0 Å². The molecular weight excluding hydrogens is 411 g/mol. The number of rotatable bonds is 4. The van der Waals surface area contributed by atoms with Gasteiger partial charge in [0.05, 0.1) is 12.2 Å². The first-order chi connectivity index (χ1) is 15.6. The Labute approximate surface area is 185 Å². The summed E-state index contributed by atoms with van der Waals surface area (Å²) in [5, 5.41) is 2.88. The van der Waals surface area contributed by atoms with Gasteiger partial charge in [0.2, 0.25) is 5.88 Å². The molecule has 3 aromatic rings. The van der Waals surface area contributed by atoms with Crippen LogP contribution in [0.1, 0.15) is 24.7 Å². The number of likely N-dealkylation sites (tertiary alicyclic amines) is 1. The summed E-state index contributed by atoms with van der Waals surface area (Å²) in [5.41, 5.74) is 0.585. The number of anilines is 1. The van der Waals surface area contributed by atoms with E-state index in [1.807, 2.05) is 18.0 Å². The summed E-state index contributed by atoms with van der Waals surface area (Å²) in [6.45, 7) is 3.33. The number of amides is 2. The number of carbonyl (C=O) groups excluding carboxylic acids is 1. The number of carbonyl (C=O) groups is 1. The van der Waals surface area contributed by atoms with Gasteiger partial charge in [-0.05, 0) is 55.9 Å². The van der Waals surface area contributed by atoms with Crippen LogP contribution in [0.2, 0.25) is 0 Å². The van der Waals surface area contributed by atoms with Crippen molar-refractivity contribution in [3.05, 3.63) is 66.9 Å². The van der Waals surface area contributed by atoms with E-state index in [-0.39, 0.29) is 24.0 Å². The van der Waals surface area contributed by atoms with Crippen LogP contribution in [0.3, 0.4) is 0 Å².